The summed E-state index contributed by atoms with van der Waals surface area (Å²) < 4.78 is 20.7. The van der Waals surface area contributed by atoms with Gasteiger partial charge in [0.05, 0.1) is 30.4 Å². The van der Waals surface area contributed by atoms with Crippen LogP contribution in [0.3, 0.4) is 0 Å². The molecule has 1 saturated carbocycles. The van der Waals surface area contributed by atoms with Crippen LogP contribution in [0.4, 0.5) is 10.1 Å². The number of aliphatic hydroxyl groups is 3. The molecule has 4 aliphatic rings. The highest BCUT2D eigenvalue weighted by molar-refractivity contribution is 6.24. The Morgan fingerprint density at radius 2 is 1.89 bits per heavy atom. The minimum absolute atomic E-state index is 0. The number of aliphatic hydroxyl groups excluding tert-OH is 2. The number of nitrogens with one attached hydrogen (secondary N) is 1. The number of nitrogens with two attached hydrogens (primary N) is 1. The predicted molar refractivity (Wildman–Crippen MR) is 164 cm³/mol. The van der Waals surface area contributed by atoms with Crippen LogP contribution in [0.2, 0.25) is 0 Å². The largest absolute Gasteiger partial charge is 0.508 e. The summed E-state index contributed by atoms with van der Waals surface area (Å²) >= 11 is 0. The van der Waals surface area contributed by atoms with E-state index in [2.05, 4.69) is 5.32 Å². The van der Waals surface area contributed by atoms with E-state index in [9.17, 15) is 39.6 Å². The minimum Gasteiger partial charge on any atom is -0.508 e. The topological polar surface area (TPSA) is 203 Å². The van der Waals surface area contributed by atoms with E-state index >= 15 is 4.39 Å². The molecule has 16 heteroatoms. The van der Waals surface area contributed by atoms with Crippen molar-refractivity contribution in [3.8, 4) is 5.75 Å². The molecule has 7 N–H and O–H groups in total. The van der Waals surface area contributed by atoms with Gasteiger partial charge in [-0.25, -0.2) is 4.39 Å². The quantitative estimate of drug-likeness (QED) is 0.178. The van der Waals surface area contributed by atoms with Crippen molar-refractivity contribution in [3.63, 3.8) is 0 Å². The highest BCUT2D eigenvalue weighted by atomic mass is 35.5. The zero-order valence-corrected chi connectivity index (χ0v) is 26.5. The fourth-order valence-corrected chi connectivity index (χ4v) is 7.22. The first-order valence-electron chi connectivity index (χ1n) is 14.0. The summed E-state index contributed by atoms with van der Waals surface area (Å²) in [5, 5.41) is 47.5. The van der Waals surface area contributed by atoms with Gasteiger partial charge in [-0.1, -0.05) is 0 Å². The Morgan fingerprint density at radius 3 is 2.49 bits per heavy atom. The van der Waals surface area contributed by atoms with Crippen LogP contribution in [0, 0.1) is 17.7 Å². The van der Waals surface area contributed by atoms with Crippen molar-refractivity contribution in [1.82, 2.24) is 9.80 Å². The van der Waals surface area contributed by atoms with Gasteiger partial charge in [0.1, 0.15) is 22.9 Å². The number of likely N-dealkylation sites (tertiary alicyclic amines) is 1. The van der Waals surface area contributed by atoms with E-state index in [1.54, 1.807) is 7.11 Å². The number of ketones is 2. The number of Topliss-reactive ketones (excluding diaryl/α,β-unsaturated/α-hetero) is 2. The lowest BCUT2D eigenvalue weighted by molar-refractivity contribution is -0.153. The lowest BCUT2D eigenvalue weighted by Gasteiger charge is -2.50. The lowest BCUT2D eigenvalue weighted by Crippen LogP contribution is -2.65. The number of halogens is 3. The number of carbonyl (C=O) groups is 4. The number of ether oxygens (including phenoxy) is 1. The Labute approximate surface area is 270 Å². The molecular weight excluding hydrogens is 638 g/mol. The minimum atomic E-state index is -2.81. The van der Waals surface area contributed by atoms with Crippen molar-refractivity contribution in [1.29, 1.82) is 0 Å². The third kappa shape index (κ3) is 5.68. The van der Waals surface area contributed by atoms with Gasteiger partial charge in [0.15, 0.2) is 17.1 Å². The number of amides is 2. The first-order valence-corrected chi connectivity index (χ1v) is 14.0. The van der Waals surface area contributed by atoms with Crippen LogP contribution in [-0.4, -0.2) is 112 Å². The molecule has 0 unspecified atom stereocenters. The molecule has 1 aromatic rings. The van der Waals surface area contributed by atoms with Crippen molar-refractivity contribution < 1.29 is 48.7 Å². The lowest BCUT2D eigenvalue weighted by atomic mass is 9.57. The summed E-state index contributed by atoms with van der Waals surface area (Å²) in [6.45, 7) is 1.05. The number of methoxy groups -OCH3 is 1. The number of fused-ring (bicyclic) bond motifs is 3. The number of primary amides is 1. The van der Waals surface area contributed by atoms with E-state index in [1.807, 2.05) is 4.90 Å². The van der Waals surface area contributed by atoms with Crippen LogP contribution in [0.5, 0.6) is 5.75 Å². The first-order chi connectivity index (χ1) is 20.2. The first kappa shape index (κ1) is 36.2. The van der Waals surface area contributed by atoms with Gasteiger partial charge in [0.2, 0.25) is 11.7 Å². The second kappa shape index (κ2) is 13.2. The Hall–Kier alpha value is -3.27. The maximum atomic E-state index is 15.5. The number of benzene rings is 1. The van der Waals surface area contributed by atoms with Gasteiger partial charge >= 0.3 is 0 Å². The molecule has 0 aromatic heterocycles. The van der Waals surface area contributed by atoms with Gasteiger partial charge in [-0.15, -0.1) is 24.8 Å². The van der Waals surface area contributed by atoms with Crippen molar-refractivity contribution >= 4 is 59.6 Å². The normalized spacial score (nSPS) is 27.8. The molecule has 1 aromatic carbocycles. The van der Waals surface area contributed by atoms with Crippen LogP contribution < -0.4 is 11.1 Å². The summed E-state index contributed by atoms with van der Waals surface area (Å²) in [4.78, 5) is 55.3. The molecule has 5 atom stereocenters. The Balaban J connectivity index is 0.00000276. The van der Waals surface area contributed by atoms with E-state index < -0.39 is 86.7 Å². The number of nitrogens with zero attached hydrogens (tertiary/aromatic N) is 2. The second-order valence-electron chi connectivity index (χ2n) is 11.8. The van der Waals surface area contributed by atoms with E-state index in [-0.39, 0.29) is 61.5 Å². The molecule has 3 aliphatic carbocycles. The number of hydrogen-bond donors (Lipinski definition) is 6. The molecule has 5 rings (SSSR count). The number of carbonyl (C=O) groups excluding carboxylic acids is 4. The highest BCUT2D eigenvalue weighted by Gasteiger charge is 2.64. The molecule has 1 saturated heterocycles. The summed E-state index contributed by atoms with van der Waals surface area (Å²) in [6.07, 6.45) is 1.36. The third-order valence-electron chi connectivity index (χ3n) is 9.15. The predicted octanol–water partition coefficient (Wildman–Crippen LogP) is 0.996. The zero-order valence-electron chi connectivity index (χ0n) is 24.8. The van der Waals surface area contributed by atoms with E-state index in [4.69, 9.17) is 10.5 Å². The van der Waals surface area contributed by atoms with Gasteiger partial charge in [-0.2, -0.15) is 0 Å². The van der Waals surface area contributed by atoms with Gasteiger partial charge < -0.3 is 36.2 Å². The van der Waals surface area contributed by atoms with Crippen LogP contribution >= 0.6 is 24.8 Å². The number of phenols is 1. The maximum Gasteiger partial charge on any atom is 0.255 e. The third-order valence-corrected chi connectivity index (χ3v) is 9.15. The van der Waals surface area contributed by atoms with Gasteiger partial charge in [0.25, 0.3) is 5.91 Å². The molecule has 248 valence electrons. The van der Waals surface area contributed by atoms with Crippen LogP contribution in [0.1, 0.15) is 30.4 Å². The fraction of sp³-hybridized carbons (Fsp3) is 0.517. The van der Waals surface area contributed by atoms with Crippen molar-refractivity contribution in [3.05, 3.63) is 39.9 Å². The van der Waals surface area contributed by atoms with Crippen molar-refractivity contribution in [2.24, 2.45) is 17.6 Å². The van der Waals surface area contributed by atoms with Crippen LogP contribution in [-0.2, 0) is 30.3 Å². The second-order valence-corrected chi connectivity index (χ2v) is 11.8. The standard InChI is InChI=1S/C29H35FN4O9.2ClH/c1-33(2)22-15-8-12-7-14-16(30)9-17(32-18(35)10-34-6-4-5-13(34)11-43-3)23(36)20(14)24(37)19(12)26(39)29(15,42)27(40)21(25(22)38)28(31)41;;/h9,12-13,15,22,36-37,40,42H,4-8,10-11H2,1-3H3,(H2,31,41)(H,32,35);2*1H/t12-,13-,15-,22-,29-;;/m0../s1. The van der Waals surface area contributed by atoms with E-state index in [1.165, 1.54) is 19.0 Å². The molecule has 2 amide bonds. The summed E-state index contributed by atoms with van der Waals surface area (Å²) in [5.41, 5.74) is 0.290. The summed E-state index contributed by atoms with van der Waals surface area (Å²) in [7, 11) is 4.54. The number of aromatic hydroxyl groups is 1. The smallest absolute Gasteiger partial charge is 0.255 e. The zero-order chi connectivity index (χ0) is 31.5. The molecule has 1 heterocycles. The highest BCUT2D eigenvalue weighted by Crippen LogP contribution is 2.53. The number of rotatable bonds is 7. The molecular formula is C29H37Cl2FN4O9. The molecule has 1 aliphatic heterocycles. The SMILES string of the molecule is COC[C@@H]1CCCN1CC(=O)Nc1cc(F)c2c(c1O)C(O)=C1C(=O)[C@]3(O)C(O)=C(C(N)=O)C(=O)[C@@H](N(C)C)[C@@H]3C[C@@H]1C2.Cl.Cl. The van der Waals surface area contributed by atoms with Crippen LogP contribution in [0.25, 0.3) is 5.76 Å². The number of phenolic OH excluding ortho intramolecular Hbond substituents is 1. The Morgan fingerprint density at radius 1 is 1.22 bits per heavy atom. The van der Waals surface area contributed by atoms with Crippen LogP contribution in [0.15, 0.2) is 23.0 Å². The van der Waals surface area contributed by atoms with E-state index in [0.29, 0.717) is 13.2 Å². The summed E-state index contributed by atoms with van der Waals surface area (Å²) in [6, 6.07) is -0.278. The molecule has 0 spiro atoms. The Kier molecular flexibility index (Phi) is 10.6. The fourth-order valence-electron chi connectivity index (χ4n) is 7.22. The number of hydrogen-bond acceptors (Lipinski definition) is 11. The molecule has 13 nitrogen and oxygen atoms in total. The maximum absolute atomic E-state index is 15.5. The van der Waals surface area contributed by atoms with Gasteiger partial charge in [0, 0.05) is 36.3 Å². The Bertz CT molecular complexity index is 1500. The van der Waals surface area contributed by atoms with Gasteiger partial charge in [-0.05, 0) is 52.2 Å². The average Bonchev–Trinajstić information content (AvgIpc) is 3.35. The van der Waals surface area contributed by atoms with Gasteiger partial charge in [-0.3, -0.25) is 29.0 Å². The van der Waals surface area contributed by atoms with Crippen molar-refractivity contribution in [2.45, 2.75) is 43.4 Å². The van der Waals surface area contributed by atoms with E-state index in [0.717, 1.165) is 18.9 Å². The van der Waals surface area contributed by atoms with Crippen molar-refractivity contribution in [2.75, 3.05) is 46.2 Å². The summed E-state index contributed by atoms with van der Waals surface area (Å²) in [5.74, 6) is -9.75. The number of likely N-dealkylation sites (N-methyl/N-ethyl adjacent to an activating group) is 1. The average molecular weight is 676 g/mol. The molecule has 0 radical (unpaired) electrons. The number of anilines is 1. The molecule has 0 bridgehead atoms. The molecule has 45 heavy (non-hydrogen) atoms. The monoisotopic (exact) mass is 674 g/mol. The molecule has 2 fully saturated rings.